The van der Waals surface area contributed by atoms with E-state index in [0.29, 0.717) is 11.6 Å². The molecule has 2 heterocycles. The Labute approximate surface area is 125 Å². The zero-order chi connectivity index (χ0) is 14.5. The summed E-state index contributed by atoms with van der Waals surface area (Å²) in [5, 5.41) is 3.16. The number of hydrogen-bond acceptors (Lipinski definition) is 4. The molecule has 5 heteroatoms. The number of anilines is 1. The number of amides is 1. The van der Waals surface area contributed by atoms with Crippen LogP contribution in [0.3, 0.4) is 0 Å². The largest absolute Gasteiger partial charge is 0.378 e. The van der Waals surface area contributed by atoms with E-state index in [1.807, 2.05) is 6.07 Å². The summed E-state index contributed by atoms with van der Waals surface area (Å²) in [6.45, 7) is 3.11. The zero-order valence-corrected chi connectivity index (χ0v) is 12.4. The second-order valence-corrected chi connectivity index (χ2v) is 5.81. The van der Waals surface area contributed by atoms with Gasteiger partial charge >= 0.3 is 0 Å². The van der Waals surface area contributed by atoms with Gasteiger partial charge in [0.05, 0.1) is 13.2 Å². The maximum absolute atomic E-state index is 12.4. The minimum absolute atomic E-state index is 0.0267. The third-order valence-corrected chi connectivity index (χ3v) is 4.28. The fraction of sp³-hybridized carbons (Fsp3) is 0.625. The maximum atomic E-state index is 12.4. The van der Waals surface area contributed by atoms with Gasteiger partial charge < -0.3 is 15.0 Å². The number of nitrogens with one attached hydrogen (secondary N) is 1. The Morgan fingerprint density at radius 3 is 2.76 bits per heavy atom. The van der Waals surface area contributed by atoms with Gasteiger partial charge in [0, 0.05) is 30.9 Å². The van der Waals surface area contributed by atoms with Crippen molar-refractivity contribution in [1.82, 2.24) is 10.3 Å². The van der Waals surface area contributed by atoms with E-state index in [9.17, 15) is 4.79 Å². The van der Waals surface area contributed by atoms with Crippen LogP contribution in [0.4, 0.5) is 5.82 Å². The van der Waals surface area contributed by atoms with Crippen molar-refractivity contribution in [3.63, 3.8) is 0 Å². The number of nitrogens with zero attached hydrogens (tertiary/aromatic N) is 2. The fourth-order valence-corrected chi connectivity index (χ4v) is 3.04. The first-order valence-electron chi connectivity index (χ1n) is 7.92. The summed E-state index contributed by atoms with van der Waals surface area (Å²) in [7, 11) is 0. The maximum Gasteiger partial charge on any atom is 0.251 e. The van der Waals surface area contributed by atoms with Gasteiger partial charge in [0.25, 0.3) is 5.91 Å². The van der Waals surface area contributed by atoms with Gasteiger partial charge in [-0.3, -0.25) is 4.79 Å². The van der Waals surface area contributed by atoms with Gasteiger partial charge in [0.15, 0.2) is 0 Å². The van der Waals surface area contributed by atoms with Crippen LogP contribution < -0.4 is 10.2 Å². The molecule has 1 aromatic heterocycles. The molecule has 1 saturated heterocycles. The summed E-state index contributed by atoms with van der Waals surface area (Å²) >= 11 is 0. The van der Waals surface area contributed by atoms with Crippen LogP contribution >= 0.6 is 0 Å². The van der Waals surface area contributed by atoms with Gasteiger partial charge in [-0.05, 0) is 25.0 Å². The van der Waals surface area contributed by atoms with E-state index in [2.05, 4.69) is 15.2 Å². The van der Waals surface area contributed by atoms with Crippen LogP contribution in [0.25, 0.3) is 0 Å². The SMILES string of the molecule is O=C(NC1CCCCC1)c1ccnc(N2CCOCC2)c1. The number of rotatable bonds is 3. The van der Waals surface area contributed by atoms with E-state index in [0.717, 1.165) is 45.0 Å². The highest BCUT2D eigenvalue weighted by Crippen LogP contribution is 2.19. The van der Waals surface area contributed by atoms with E-state index in [1.54, 1.807) is 12.3 Å². The van der Waals surface area contributed by atoms with Crippen molar-refractivity contribution < 1.29 is 9.53 Å². The van der Waals surface area contributed by atoms with E-state index in [1.165, 1.54) is 19.3 Å². The van der Waals surface area contributed by atoms with Crippen molar-refractivity contribution >= 4 is 11.7 Å². The average Bonchev–Trinajstić information content (AvgIpc) is 2.57. The van der Waals surface area contributed by atoms with Crippen LogP contribution in [0.1, 0.15) is 42.5 Å². The molecule has 1 aliphatic carbocycles. The third-order valence-electron chi connectivity index (χ3n) is 4.28. The molecule has 21 heavy (non-hydrogen) atoms. The lowest BCUT2D eigenvalue weighted by Crippen LogP contribution is -2.38. The molecule has 2 aliphatic rings. The van der Waals surface area contributed by atoms with Crippen molar-refractivity contribution in [2.75, 3.05) is 31.2 Å². The van der Waals surface area contributed by atoms with Gasteiger partial charge in [-0.2, -0.15) is 0 Å². The molecule has 1 aliphatic heterocycles. The Bertz CT molecular complexity index is 480. The molecular formula is C16H23N3O2. The Balaban J connectivity index is 1.65. The van der Waals surface area contributed by atoms with Gasteiger partial charge in [-0.1, -0.05) is 19.3 Å². The van der Waals surface area contributed by atoms with E-state index in [4.69, 9.17) is 4.74 Å². The van der Waals surface area contributed by atoms with Crippen LogP contribution in [-0.4, -0.2) is 43.2 Å². The topological polar surface area (TPSA) is 54.5 Å². The fourth-order valence-electron chi connectivity index (χ4n) is 3.04. The number of hydrogen-bond donors (Lipinski definition) is 1. The lowest BCUT2D eigenvalue weighted by Gasteiger charge is -2.28. The van der Waals surface area contributed by atoms with E-state index >= 15 is 0 Å². The first-order valence-corrected chi connectivity index (χ1v) is 7.92. The lowest BCUT2D eigenvalue weighted by molar-refractivity contribution is 0.0927. The summed E-state index contributed by atoms with van der Waals surface area (Å²) in [6, 6.07) is 4.03. The van der Waals surface area contributed by atoms with Gasteiger partial charge in [0.1, 0.15) is 5.82 Å². The molecule has 0 radical (unpaired) electrons. The molecule has 5 nitrogen and oxygen atoms in total. The highest BCUT2D eigenvalue weighted by atomic mass is 16.5. The number of ether oxygens (including phenoxy) is 1. The van der Waals surface area contributed by atoms with Crippen molar-refractivity contribution in [1.29, 1.82) is 0 Å². The molecule has 2 fully saturated rings. The minimum atomic E-state index is 0.0267. The van der Waals surface area contributed by atoms with Gasteiger partial charge in [0.2, 0.25) is 0 Å². The molecule has 0 atom stereocenters. The molecule has 114 valence electrons. The van der Waals surface area contributed by atoms with E-state index in [-0.39, 0.29) is 5.91 Å². The van der Waals surface area contributed by atoms with Gasteiger partial charge in [-0.25, -0.2) is 4.98 Å². The number of aromatic nitrogens is 1. The normalized spacial score (nSPS) is 20.3. The molecule has 0 unspecified atom stereocenters. The molecule has 0 spiro atoms. The molecule has 0 aromatic carbocycles. The molecule has 1 N–H and O–H groups in total. The zero-order valence-electron chi connectivity index (χ0n) is 12.4. The molecular weight excluding hydrogens is 266 g/mol. The molecule has 0 bridgehead atoms. The average molecular weight is 289 g/mol. The Hall–Kier alpha value is -1.62. The summed E-state index contributed by atoms with van der Waals surface area (Å²) in [5.41, 5.74) is 0.706. The van der Waals surface area contributed by atoms with Crippen molar-refractivity contribution in [2.24, 2.45) is 0 Å². The molecule has 1 amide bonds. The Morgan fingerprint density at radius 2 is 2.00 bits per heavy atom. The molecule has 1 aromatic rings. The number of morpholine rings is 1. The van der Waals surface area contributed by atoms with E-state index < -0.39 is 0 Å². The lowest BCUT2D eigenvalue weighted by atomic mass is 9.95. The number of carbonyl (C=O) groups is 1. The highest BCUT2D eigenvalue weighted by Gasteiger charge is 2.18. The summed E-state index contributed by atoms with van der Waals surface area (Å²) in [5.74, 6) is 0.897. The first kappa shape index (κ1) is 14.3. The minimum Gasteiger partial charge on any atom is -0.378 e. The monoisotopic (exact) mass is 289 g/mol. The predicted octanol–water partition coefficient (Wildman–Crippen LogP) is 1.98. The van der Waals surface area contributed by atoms with Crippen LogP contribution in [0.5, 0.6) is 0 Å². The van der Waals surface area contributed by atoms with Crippen molar-refractivity contribution in [3.8, 4) is 0 Å². The van der Waals surface area contributed by atoms with Crippen LogP contribution in [0.15, 0.2) is 18.3 Å². The third kappa shape index (κ3) is 3.73. The number of pyridine rings is 1. The van der Waals surface area contributed by atoms with Crippen LogP contribution in [-0.2, 0) is 4.74 Å². The molecule has 1 saturated carbocycles. The summed E-state index contributed by atoms with van der Waals surface area (Å²) < 4.78 is 5.35. The van der Waals surface area contributed by atoms with Gasteiger partial charge in [-0.15, -0.1) is 0 Å². The van der Waals surface area contributed by atoms with Crippen molar-refractivity contribution in [2.45, 2.75) is 38.1 Å². The highest BCUT2D eigenvalue weighted by molar-refractivity contribution is 5.95. The summed E-state index contributed by atoms with van der Waals surface area (Å²) in [6.07, 6.45) is 7.67. The smallest absolute Gasteiger partial charge is 0.251 e. The molecule has 3 rings (SSSR count). The predicted molar refractivity (Wildman–Crippen MR) is 81.6 cm³/mol. The number of carbonyl (C=O) groups excluding carboxylic acids is 1. The Kier molecular flexibility index (Phi) is 4.70. The quantitative estimate of drug-likeness (QED) is 0.924. The van der Waals surface area contributed by atoms with Crippen LogP contribution in [0, 0.1) is 0 Å². The summed E-state index contributed by atoms with van der Waals surface area (Å²) in [4.78, 5) is 18.9. The first-order chi connectivity index (χ1) is 10.3. The second kappa shape index (κ2) is 6.89. The van der Waals surface area contributed by atoms with Crippen molar-refractivity contribution in [3.05, 3.63) is 23.9 Å². The van der Waals surface area contributed by atoms with Crippen LogP contribution in [0.2, 0.25) is 0 Å². The second-order valence-electron chi connectivity index (χ2n) is 5.81. The Morgan fingerprint density at radius 1 is 1.24 bits per heavy atom. The standard InChI is InChI=1S/C16H23N3O2/c20-16(18-14-4-2-1-3-5-14)13-6-7-17-15(12-13)19-8-10-21-11-9-19/h6-7,12,14H,1-5,8-11H2,(H,18,20).